The van der Waals surface area contributed by atoms with E-state index in [2.05, 4.69) is 5.32 Å². The number of allylic oxidation sites excluding steroid dienone is 3. The molecule has 0 fully saturated rings. The van der Waals surface area contributed by atoms with Crippen LogP contribution in [0.15, 0.2) is 53.6 Å². The minimum Gasteiger partial charge on any atom is -0.323 e. The maximum atomic E-state index is 13.0. The third-order valence-corrected chi connectivity index (χ3v) is 5.60. The van der Waals surface area contributed by atoms with Crippen LogP contribution in [0.5, 0.6) is 0 Å². The summed E-state index contributed by atoms with van der Waals surface area (Å²) >= 11 is 12.2. The number of Topliss-reactive ketones (excluding diaryl/α,β-unsaturated/α-hetero) is 1. The molecule has 1 heterocycles. The van der Waals surface area contributed by atoms with Crippen LogP contribution < -0.4 is 5.32 Å². The van der Waals surface area contributed by atoms with Crippen molar-refractivity contribution in [1.29, 1.82) is 0 Å². The summed E-state index contributed by atoms with van der Waals surface area (Å²) in [6, 6.07) is 4.71. The van der Waals surface area contributed by atoms with E-state index in [9.17, 15) is 9.59 Å². The van der Waals surface area contributed by atoms with Gasteiger partial charge in [-0.2, -0.15) is 0 Å². The molecule has 1 aliphatic heterocycles. The van der Waals surface area contributed by atoms with Gasteiger partial charge < -0.3 is 5.32 Å². The fourth-order valence-corrected chi connectivity index (χ4v) is 3.71. The van der Waals surface area contributed by atoms with Gasteiger partial charge in [-0.3, -0.25) is 14.5 Å². The Hall–Kier alpha value is -1.88. The zero-order valence-electron chi connectivity index (χ0n) is 15.6. The lowest BCUT2D eigenvalue weighted by molar-refractivity contribution is -0.127. The van der Waals surface area contributed by atoms with E-state index in [1.54, 1.807) is 18.2 Å². The van der Waals surface area contributed by atoms with Crippen molar-refractivity contribution >= 4 is 40.6 Å². The van der Waals surface area contributed by atoms with Gasteiger partial charge in [0.2, 0.25) is 5.91 Å². The number of hydrogen-bond acceptors (Lipinski definition) is 3. The van der Waals surface area contributed by atoms with E-state index in [1.165, 1.54) is 0 Å². The number of nitrogens with zero attached hydrogens (tertiary/aromatic N) is 1. The molecule has 0 bridgehead atoms. The van der Waals surface area contributed by atoms with E-state index in [0.29, 0.717) is 28.7 Å². The van der Waals surface area contributed by atoms with Gasteiger partial charge in [0.15, 0.2) is 5.78 Å². The van der Waals surface area contributed by atoms with Crippen LogP contribution in [0.25, 0.3) is 0 Å². The van der Waals surface area contributed by atoms with E-state index in [1.807, 2.05) is 50.0 Å². The third-order valence-electron chi connectivity index (χ3n) is 5.03. The molecule has 0 saturated heterocycles. The number of nitrogens with one attached hydrogen (secondary N) is 1. The van der Waals surface area contributed by atoms with E-state index in [0.717, 1.165) is 11.1 Å². The van der Waals surface area contributed by atoms with Crippen LogP contribution in [0.4, 0.5) is 5.69 Å². The maximum absolute atomic E-state index is 13.0. The van der Waals surface area contributed by atoms with Crippen molar-refractivity contribution in [3.05, 3.63) is 63.7 Å². The monoisotopic (exact) mass is 404 g/mol. The molecule has 142 valence electrons. The van der Waals surface area contributed by atoms with Gasteiger partial charge >= 0.3 is 0 Å². The predicted molar refractivity (Wildman–Crippen MR) is 110 cm³/mol. The van der Waals surface area contributed by atoms with E-state index < -0.39 is 5.54 Å². The van der Waals surface area contributed by atoms with Crippen molar-refractivity contribution < 1.29 is 9.59 Å². The molecule has 1 aliphatic carbocycles. The van der Waals surface area contributed by atoms with Gasteiger partial charge in [-0.25, -0.2) is 0 Å². The molecule has 1 aromatic rings. The second-order valence-corrected chi connectivity index (χ2v) is 8.24. The molecule has 27 heavy (non-hydrogen) atoms. The van der Waals surface area contributed by atoms with Gasteiger partial charge in [-0.05, 0) is 39.0 Å². The third kappa shape index (κ3) is 4.03. The highest BCUT2D eigenvalue weighted by Crippen LogP contribution is 2.32. The van der Waals surface area contributed by atoms with E-state index >= 15 is 0 Å². The molecule has 1 amide bonds. The first kappa shape index (κ1) is 19.9. The summed E-state index contributed by atoms with van der Waals surface area (Å²) in [5.74, 6) is -0.110. The molecule has 3 rings (SSSR count). The Kier molecular flexibility index (Phi) is 5.61. The number of anilines is 1. The minimum absolute atomic E-state index is 0.102. The number of amides is 1. The summed E-state index contributed by atoms with van der Waals surface area (Å²) in [5, 5.41) is 3.78. The molecular weight excluding hydrogens is 383 g/mol. The average molecular weight is 405 g/mol. The summed E-state index contributed by atoms with van der Waals surface area (Å²) in [5.41, 5.74) is 1.37. The fourth-order valence-electron chi connectivity index (χ4n) is 3.37. The van der Waals surface area contributed by atoms with Crippen molar-refractivity contribution in [1.82, 2.24) is 4.90 Å². The molecule has 0 saturated carbocycles. The van der Waals surface area contributed by atoms with Crippen LogP contribution in [0.3, 0.4) is 0 Å². The van der Waals surface area contributed by atoms with Crippen molar-refractivity contribution in [2.75, 3.05) is 11.9 Å². The number of ketones is 1. The number of hydrogen-bond donors (Lipinski definition) is 1. The van der Waals surface area contributed by atoms with Gasteiger partial charge in [0, 0.05) is 23.6 Å². The lowest BCUT2D eigenvalue weighted by Gasteiger charge is -2.39. The van der Waals surface area contributed by atoms with E-state index in [-0.39, 0.29) is 17.7 Å². The molecule has 1 aromatic carbocycles. The molecule has 1 atom stereocenters. The lowest BCUT2D eigenvalue weighted by Crippen LogP contribution is -2.55. The topological polar surface area (TPSA) is 49.4 Å². The second kappa shape index (κ2) is 7.63. The highest BCUT2D eigenvalue weighted by atomic mass is 35.5. The van der Waals surface area contributed by atoms with Crippen LogP contribution >= 0.6 is 23.2 Å². The molecule has 2 aliphatic rings. The Balaban J connectivity index is 1.84. The number of carbonyl (C=O) groups is 2. The van der Waals surface area contributed by atoms with Crippen molar-refractivity contribution in [3.8, 4) is 0 Å². The average Bonchev–Trinajstić information content (AvgIpc) is 3.08. The van der Waals surface area contributed by atoms with Gasteiger partial charge in [0.1, 0.15) is 0 Å². The molecule has 1 unspecified atom stereocenters. The first-order valence-electron chi connectivity index (χ1n) is 8.80. The summed E-state index contributed by atoms with van der Waals surface area (Å²) in [6.07, 6.45) is 8.25. The summed E-state index contributed by atoms with van der Waals surface area (Å²) in [6.45, 7) is 6.21. The summed E-state index contributed by atoms with van der Waals surface area (Å²) in [4.78, 5) is 27.6. The van der Waals surface area contributed by atoms with Gasteiger partial charge in [0.25, 0.3) is 0 Å². The summed E-state index contributed by atoms with van der Waals surface area (Å²) in [7, 11) is 0. The molecule has 0 radical (unpaired) electrons. The largest absolute Gasteiger partial charge is 0.323 e. The van der Waals surface area contributed by atoms with Gasteiger partial charge in [-0.1, -0.05) is 53.1 Å². The van der Waals surface area contributed by atoms with Crippen molar-refractivity contribution in [3.63, 3.8) is 0 Å². The molecule has 0 spiro atoms. The van der Waals surface area contributed by atoms with Crippen LogP contribution in [0.1, 0.15) is 27.2 Å². The highest BCUT2D eigenvalue weighted by Gasteiger charge is 2.42. The second-order valence-electron chi connectivity index (χ2n) is 7.40. The minimum atomic E-state index is -0.864. The Bertz CT molecular complexity index is 884. The van der Waals surface area contributed by atoms with E-state index in [4.69, 9.17) is 23.2 Å². The Morgan fingerprint density at radius 2 is 2.00 bits per heavy atom. The fraction of sp³-hybridized carbons (Fsp3) is 0.333. The van der Waals surface area contributed by atoms with Crippen LogP contribution in [-0.4, -0.2) is 34.7 Å². The highest BCUT2D eigenvalue weighted by molar-refractivity contribution is 6.35. The van der Waals surface area contributed by atoms with Crippen LogP contribution in [-0.2, 0) is 9.59 Å². The number of halogens is 2. The van der Waals surface area contributed by atoms with Crippen molar-refractivity contribution in [2.24, 2.45) is 0 Å². The van der Waals surface area contributed by atoms with Crippen LogP contribution in [0, 0.1) is 0 Å². The SMILES string of the molecule is CC1=CC=C(C2C=CCN2C(C)(C)C(=O)Nc2cc(Cl)ccc2Cl)C(=O)C1. The van der Waals surface area contributed by atoms with Crippen molar-refractivity contribution in [2.45, 2.75) is 38.8 Å². The molecule has 4 nitrogen and oxygen atoms in total. The zero-order chi connectivity index (χ0) is 19.8. The Labute approximate surface area is 169 Å². The molecular formula is C21H22Cl2N2O2. The first-order chi connectivity index (χ1) is 12.7. The van der Waals surface area contributed by atoms with Crippen LogP contribution in [0.2, 0.25) is 10.0 Å². The Morgan fingerprint density at radius 3 is 2.70 bits per heavy atom. The molecule has 1 N–H and O–H groups in total. The predicted octanol–water partition coefficient (Wildman–Crippen LogP) is 4.80. The smallest absolute Gasteiger partial charge is 0.244 e. The number of rotatable bonds is 4. The maximum Gasteiger partial charge on any atom is 0.244 e. The number of carbonyl (C=O) groups excluding carboxylic acids is 2. The standard InChI is InChI=1S/C21H22Cl2N2O2/c1-13-6-8-15(19(26)11-13)18-5-4-10-25(18)21(2,3)20(27)24-17-12-14(22)7-9-16(17)23/h4-9,12,18H,10-11H2,1-3H3,(H,24,27). The first-order valence-corrected chi connectivity index (χ1v) is 9.56. The Morgan fingerprint density at radius 1 is 1.26 bits per heavy atom. The molecule has 6 heteroatoms. The quantitative estimate of drug-likeness (QED) is 0.733. The zero-order valence-corrected chi connectivity index (χ0v) is 17.1. The van der Waals surface area contributed by atoms with Gasteiger partial charge in [-0.15, -0.1) is 0 Å². The normalized spacial score (nSPS) is 20.5. The molecule has 0 aromatic heterocycles. The van der Waals surface area contributed by atoms with Gasteiger partial charge in [0.05, 0.1) is 22.3 Å². The summed E-state index contributed by atoms with van der Waals surface area (Å²) < 4.78 is 0. The lowest BCUT2D eigenvalue weighted by atomic mass is 9.90. The number of benzene rings is 1.